The summed E-state index contributed by atoms with van der Waals surface area (Å²) >= 11 is 5.90. The lowest BCUT2D eigenvalue weighted by Gasteiger charge is -2.41. The summed E-state index contributed by atoms with van der Waals surface area (Å²) in [5.74, 6) is 0. The first-order valence-corrected chi connectivity index (χ1v) is 9.21. The summed E-state index contributed by atoms with van der Waals surface area (Å²) in [5, 5.41) is 9.32. The second-order valence-corrected chi connectivity index (χ2v) is 8.27. The lowest BCUT2D eigenvalue weighted by Crippen LogP contribution is -2.56. The Morgan fingerprint density at radius 2 is 2.14 bits per heavy atom. The molecule has 2 aliphatic heterocycles. The van der Waals surface area contributed by atoms with Crippen molar-refractivity contribution in [2.75, 3.05) is 19.6 Å². The standard InChI is InChI=1S/C15H18ClN3O2S/c1-11-9-18-6-2-3-13(18)10-19(11)22(20,21)14-4-5-15(16)12(7-14)8-17/h4-5,7,11,13H,2-3,6,9-10H2,1H3/t11-,13-/m1/s1. The van der Waals surface area contributed by atoms with Crippen LogP contribution in [0.2, 0.25) is 5.02 Å². The quantitative estimate of drug-likeness (QED) is 0.827. The zero-order valence-corrected chi connectivity index (χ0v) is 13.9. The molecule has 22 heavy (non-hydrogen) atoms. The minimum absolute atomic E-state index is 0.0689. The molecule has 7 heteroatoms. The van der Waals surface area contributed by atoms with Crippen LogP contribution >= 0.6 is 11.6 Å². The van der Waals surface area contributed by atoms with Gasteiger partial charge in [-0.3, -0.25) is 4.90 Å². The molecule has 0 bridgehead atoms. The number of nitrogens with zero attached hydrogens (tertiary/aromatic N) is 3. The van der Waals surface area contributed by atoms with Crippen LogP contribution in [0.25, 0.3) is 0 Å². The Morgan fingerprint density at radius 3 is 2.86 bits per heavy atom. The minimum Gasteiger partial charge on any atom is -0.297 e. The first-order valence-electron chi connectivity index (χ1n) is 7.39. The second kappa shape index (κ2) is 5.82. The normalized spacial score (nSPS) is 26.6. The maximum Gasteiger partial charge on any atom is 0.243 e. The number of rotatable bonds is 2. The van der Waals surface area contributed by atoms with Crippen molar-refractivity contribution in [2.45, 2.75) is 36.7 Å². The number of fused-ring (bicyclic) bond motifs is 1. The van der Waals surface area contributed by atoms with Gasteiger partial charge < -0.3 is 0 Å². The molecule has 5 nitrogen and oxygen atoms in total. The number of sulfonamides is 1. The number of hydrogen-bond donors (Lipinski definition) is 0. The molecule has 0 aromatic heterocycles. The molecule has 0 amide bonds. The molecule has 2 saturated heterocycles. The number of halogens is 1. The lowest BCUT2D eigenvalue weighted by molar-refractivity contribution is 0.117. The van der Waals surface area contributed by atoms with Gasteiger partial charge in [0.1, 0.15) is 6.07 Å². The van der Waals surface area contributed by atoms with E-state index >= 15 is 0 Å². The van der Waals surface area contributed by atoms with E-state index in [-0.39, 0.29) is 21.5 Å². The Morgan fingerprint density at radius 1 is 1.36 bits per heavy atom. The van der Waals surface area contributed by atoms with Gasteiger partial charge in [0, 0.05) is 25.2 Å². The van der Waals surface area contributed by atoms with E-state index in [2.05, 4.69) is 4.90 Å². The van der Waals surface area contributed by atoms with Crippen LogP contribution in [0.4, 0.5) is 0 Å². The Labute approximate surface area is 136 Å². The van der Waals surface area contributed by atoms with E-state index in [4.69, 9.17) is 16.9 Å². The van der Waals surface area contributed by atoms with Crippen LogP contribution in [0, 0.1) is 11.3 Å². The van der Waals surface area contributed by atoms with Crippen molar-refractivity contribution >= 4 is 21.6 Å². The van der Waals surface area contributed by atoms with E-state index < -0.39 is 10.0 Å². The summed E-state index contributed by atoms with van der Waals surface area (Å²) in [4.78, 5) is 2.52. The maximum atomic E-state index is 12.9. The highest BCUT2D eigenvalue weighted by Crippen LogP contribution is 2.30. The van der Waals surface area contributed by atoms with Crippen molar-refractivity contribution in [2.24, 2.45) is 0 Å². The first-order chi connectivity index (χ1) is 10.4. The number of nitriles is 1. The fourth-order valence-electron chi connectivity index (χ4n) is 3.38. The Hall–Kier alpha value is -1.13. The van der Waals surface area contributed by atoms with E-state index in [1.165, 1.54) is 18.2 Å². The molecule has 2 heterocycles. The van der Waals surface area contributed by atoms with Gasteiger partial charge in [-0.25, -0.2) is 8.42 Å². The summed E-state index contributed by atoms with van der Waals surface area (Å²) in [6, 6.07) is 6.50. The molecule has 0 aliphatic carbocycles. The van der Waals surface area contributed by atoms with Gasteiger partial charge >= 0.3 is 0 Å². The van der Waals surface area contributed by atoms with Crippen LogP contribution in [0.3, 0.4) is 0 Å². The Kier molecular flexibility index (Phi) is 4.17. The van der Waals surface area contributed by atoms with E-state index in [0.29, 0.717) is 12.6 Å². The van der Waals surface area contributed by atoms with Gasteiger partial charge in [0.15, 0.2) is 0 Å². The van der Waals surface area contributed by atoms with Crippen LogP contribution < -0.4 is 0 Å². The van der Waals surface area contributed by atoms with E-state index in [1.807, 2.05) is 13.0 Å². The molecule has 0 N–H and O–H groups in total. The van der Waals surface area contributed by atoms with Crippen molar-refractivity contribution in [1.29, 1.82) is 5.26 Å². The van der Waals surface area contributed by atoms with Crippen LogP contribution in [0.15, 0.2) is 23.1 Å². The minimum atomic E-state index is -3.60. The van der Waals surface area contributed by atoms with Crippen LogP contribution in [-0.4, -0.2) is 49.3 Å². The molecular weight excluding hydrogens is 322 g/mol. The van der Waals surface area contributed by atoms with Crippen LogP contribution in [0.1, 0.15) is 25.3 Å². The summed E-state index contributed by atoms with van der Waals surface area (Å²) in [7, 11) is -3.60. The van der Waals surface area contributed by atoms with E-state index in [0.717, 1.165) is 25.9 Å². The average Bonchev–Trinajstić information content (AvgIpc) is 2.93. The van der Waals surface area contributed by atoms with Crippen molar-refractivity contribution in [1.82, 2.24) is 9.21 Å². The molecule has 118 valence electrons. The molecule has 0 spiro atoms. The smallest absolute Gasteiger partial charge is 0.243 e. The van der Waals surface area contributed by atoms with E-state index in [1.54, 1.807) is 4.31 Å². The topological polar surface area (TPSA) is 64.4 Å². The van der Waals surface area contributed by atoms with Gasteiger partial charge in [-0.1, -0.05) is 11.6 Å². The molecule has 2 aliphatic rings. The van der Waals surface area contributed by atoms with Gasteiger partial charge in [0.25, 0.3) is 0 Å². The van der Waals surface area contributed by atoms with Gasteiger partial charge in [-0.05, 0) is 44.5 Å². The van der Waals surface area contributed by atoms with Gasteiger partial charge in [0.2, 0.25) is 10.0 Å². The van der Waals surface area contributed by atoms with Gasteiger partial charge in [0.05, 0.1) is 15.5 Å². The Balaban J connectivity index is 1.94. The highest BCUT2D eigenvalue weighted by molar-refractivity contribution is 7.89. The summed E-state index contributed by atoms with van der Waals surface area (Å²) in [5.41, 5.74) is 0.190. The third kappa shape index (κ3) is 2.63. The SMILES string of the molecule is C[C@@H]1CN2CCC[C@@H]2CN1S(=O)(=O)c1ccc(Cl)c(C#N)c1. The monoisotopic (exact) mass is 339 g/mol. The lowest BCUT2D eigenvalue weighted by atomic mass is 10.1. The van der Waals surface area contributed by atoms with Gasteiger partial charge in [-0.2, -0.15) is 9.57 Å². The zero-order chi connectivity index (χ0) is 15.9. The molecule has 0 radical (unpaired) electrons. The van der Waals surface area contributed by atoms with Crippen molar-refractivity contribution in [3.05, 3.63) is 28.8 Å². The summed E-state index contributed by atoms with van der Waals surface area (Å²) < 4.78 is 27.4. The molecule has 1 aromatic rings. The van der Waals surface area contributed by atoms with Crippen LogP contribution in [0.5, 0.6) is 0 Å². The maximum absolute atomic E-state index is 12.9. The molecule has 2 fully saturated rings. The molecular formula is C15H18ClN3O2S. The second-order valence-electron chi connectivity index (χ2n) is 5.97. The fraction of sp³-hybridized carbons (Fsp3) is 0.533. The zero-order valence-electron chi connectivity index (χ0n) is 12.4. The third-order valence-electron chi connectivity index (χ3n) is 4.54. The largest absolute Gasteiger partial charge is 0.297 e. The molecule has 0 unspecified atom stereocenters. The average molecular weight is 340 g/mol. The van der Waals surface area contributed by atoms with Gasteiger partial charge in [-0.15, -0.1) is 0 Å². The number of hydrogen-bond acceptors (Lipinski definition) is 4. The first kappa shape index (κ1) is 15.8. The van der Waals surface area contributed by atoms with E-state index in [9.17, 15) is 8.42 Å². The summed E-state index contributed by atoms with van der Waals surface area (Å²) in [6.45, 7) is 4.28. The number of piperazine rings is 1. The predicted molar refractivity (Wildman–Crippen MR) is 84.1 cm³/mol. The van der Waals surface area contributed by atoms with Crippen molar-refractivity contribution in [3.63, 3.8) is 0 Å². The fourth-order valence-corrected chi connectivity index (χ4v) is 5.23. The molecule has 2 atom stereocenters. The third-order valence-corrected chi connectivity index (χ3v) is 6.85. The van der Waals surface area contributed by atoms with Crippen molar-refractivity contribution < 1.29 is 8.42 Å². The molecule has 0 saturated carbocycles. The molecule has 1 aromatic carbocycles. The Bertz CT molecular complexity index is 729. The highest BCUT2D eigenvalue weighted by atomic mass is 35.5. The highest BCUT2D eigenvalue weighted by Gasteiger charge is 2.40. The molecule has 3 rings (SSSR count). The van der Waals surface area contributed by atoms with Crippen LogP contribution in [-0.2, 0) is 10.0 Å². The summed E-state index contributed by atoms with van der Waals surface area (Å²) in [6.07, 6.45) is 2.17. The van der Waals surface area contributed by atoms with Crippen molar-refractivity contribution in [3.8, 4) is 6.07 Å². The predicted octanol–water partition coefficient (Wildman–Crippen LogP) is 2.07. The number of benzene rings is 1.